The third-order valence-corrected chi connectivity index (χ3v) is 5.16. The third-order valence-electron chi connectivity index (χ3n) is 4.22. The van der Waals surface area contributed by atoms with Crippen LogP contribution in [0.5, 0.6) is 11.5 Å². The summed E-state index contributed by atoms with van der Waals surface area (Å²) in [6, 6.07) is 10.4. The number of ether oxygens (including phenoxy) is 2. The first-order chi connectivity index (χ1) is 12.3. The van der Waals surface area contributed by atoms with Crippen molar-refractivity contribution in [3.8, 4) is 22.1 Å². The zero-order chi connectivity index (χ0) is 17.1. The van der Waals surface area contributed by atoms with E-state index in [1.54, 1.807) is 11.3 Å². The fourth-order valence-electron chi connectivity index (χ4n) is 2.87. The molecule has 0 saturated heterocycles. The van der Waals surface area contributed by atoms with E-state index in [2.05, 4.69) is 34.7 Å². The summed E-state index contributed by atoms with van der Waals surface area (Å²) in [7, 11) is 0. The maximum atomic E-state index is 5.45. The molecular weight excluding hydrogens is 334 g/mol. The lowest BCUT2D eigenvalue weighted by Crippen LogP contribution is -2.20. The Bertz CT molecular complexity index is 851. The molecule has 1 aliphatic heterocycles. The van der Waals surface area contributed by atoms with Crippen LogP contribution in [0, 0.1) is 0 Å². The number of hydrogen-bond donors (Lipinski definition) is 1. The van der Waals surface area contributed by atoms with Crippen LogP contribution in [0.25, 0.3) is 10.6 Å². The summed E-state index contributed by atoms with van der Waals surface area (Å²) in [6.45, 7) is 3.21. The summed E-state index contributed by atoms with van der Waals surface area (Å²) < 4.78 is 10.8. The molecule has 0 fully saturated rings. The molecule has 0 saturated carbocycles. The van der Waals surface area contributed by atoms with Crippen LogP contribution < -0.4 is 14.8 Å². The van der Waals surface area contributed by atoms with E-state index in [-0.39, 0.29) is 0 Å². The average molecular weight is 353 g/mol. The van der Waals surface area contributed by atoms with Crippen LogP contribution in [0.15, 0.2) is 48.1 Å². The van der Waals surface area contributed by atoms with Gasteiger partial charge in [-0.05, 0) is 42.3 Å². The number of fused-ring (bicyclic) bond motifs is 1. The van der Waals surface area contributed by atoms with Gasteiger partial charge in [-0.2, -0.15) is 0 Å². The molecule has 3 aromatic rings. The molecule has 0 amide bonds. The molecule has 3 heterocycles. The van der Waals surface area contributed by atoms with Crippen molar-refractivity contribution >= 4 is 11.3 Å². The highest BCUT2D eigenvalue weighted by atomic mass is 32.1. The molecule has 1 atom stereocenters. The fraction of sp³-hybridized carbons (Fsp3) is 0.263. The lowest BCUT2D eigenvalue weighted by atomic mass is 10.1. The largest absolute Gasteiger partial charge is 0.454 e. The molecule has 1 aromatic carbocycles. The van der Waals surface area contributed by atoms with Crippen LogP contribution in [-0.4, -0.2) is 16.8 Å². The normalized spacial score (nSPS) is 13.8. The molecule has 0 unspecified atom stereocenters. The van der Waals surface area contributed by atoms with Crippen molar-refractivity contribution in [2.75, 3.05) is 6.79 Å². The van der Waals surface area contributed by atoms with Crippen molar-refractivity contribution in [3.05, 3.63) is 59.4 Å². The molecule has 1 N–H and O–H groups in total. The van der Waals surface area contributed by atoms with Crippen LogP contribution in [0.3, 0.4) is 0 Å². The molecule has 0 spiro atoms. The Labute approximate surface area is 150 Å². The number of rotatable bonds is 6. The van der Waals surface area contributed by atoms with Gasteiger partial charge >= 0.3 is 0 Å². The highest BCUT2D eigenvalue weighted by Gasteiger charge is 2.15. The predicted molar refractivity (Wildman–Crippen MR) is 97.8 cm³/mol. The minimum atomic E-state index is 0.291. The first-order valence-corrected chi connectivity index (χ1v) is 9.19. The van der Waals surface area contributed by atoms with Gasteiger partial charge < -0.3 is 14.8 Å². The molecular formula is C19H19N3O2S. The van der Waals surface area contributed by atoms with Gasteiger partial charge in [0, 0.05) is 35.9 Å². The third kappa shape index (κ3) is 3.50. The Morgan fingerprint density at radius 1 is 1.16 bits per heavy atom. The Morgan fingerprint density at radius 2 is 2.00 bits per heavy atom. The molecule has 2 aromatic heterocycles. The molecule has 25 heavy (non-hydrogen) atoms. The zero-order valence-corrected chi connectivity index (χ0v) is 14.8. The summed E-state index contributed by atoms with van der Waals surface area (Å²) in [5, 5.41) is 6.68. The number of pyridine rings is 1. The first kappa shape index (κ1) is 16.1. The monoisotopic (exact) mass is 353 g/mol. The van der Waals surface area contributed by atoms with Crippen molar-refractivity contribution < 1.29 is 9.47 Å². The van der Waals surface area contributed by atoms with E-state index in [1.165, 1.54) is 5.56 Å². The second-order valence-corrected chi connectivity index (χ2v) is 6.69. The zero-order valence-electron chi connectivity index (χ0n) is 13.9. The van der Waals surface area contributed by atoms with Crippen LogP contribution in [0.2, 0.25) is 0 Å². The summed E-state index contributed by atoms with van der Waals surface area (Å²) in [5.41, 5.74) is 3.36. The number of thiazole rings is 1. The number of hydrogen-bond acceptors (Lipinski definition) is 6. The van der Waals surface area contributed by atoms with E-state index < -0.39 is 0 Å². The highest BCUT2D eigenvalue weighted by Crippen LogP contribution is 2.36. The standard InChI is InChI=1S/C19H19N3O2S/c1-2-16(13-5-7-20-8-6-13)21-10-15-11-25-19(22-15)14-3-4-17-18(9-14)24-12-23-17/h3-9,11,16,21H,2,10,12H2,1H3/t16-/m0/s1. The minimum Gasteiger partial charge on any atom is -0.454 e. The molecule has 4 rings (SSSR count). The SMILES string of the molecule is CC[C@H](NCc1csc(-c2ccc3c(c2)OCO3)n1)c1ccncc1. The Hall–Kier alpha value is -2.44. The summed E-state index contributed by atoms with van der Waals surface area (Å²) in [4.78, 5) is 8.84. The smallest absolute Gasteiger partial charge is 0.231 e. The van der Waals surface area contributed by atoms with E-state index in [0.717, 1.165) is 40.7 Å². The average Bonchev–Trinajstić information content (AvgIpc) is 3.32. The van der Waals surface area contributed by atoms with E-state index in [9.17, 15) is 0 Å². The quantitative estimate of drug-likeness (QED) is 0.721. The van der Waals surface area contributed by atoms with Crippen molar-refractivity contribution in [1.82, 2.24) is 15.3 Å². The molecule has 128 valence electrons. The van der Waals surface area contributed by atoms with E-state index in [4.69, 9.17) is 14.5 Å². The van der Waals surface area contributed by atoms with Crippen LogP contribution >= 0.6 is 11.3 Å². The van der Waals surface area contributed by atoms with Gasteiger partial charge in [0.15, 0.2) is 11.5 Å². The number of benzene rings is 1. The predicted octanol–water partition coefficient (Wildman–Crippen LogP) is 4.17. The topological polar surface area (TPSA) is 56.3 Å². The van der Waals surface area contributed by atoms with Gasteiger partial charge in [0.25, 0.3) is 0 Å². The van der Waals surface area contributed by atoms with Crippen LogP contribution in [0.4, 0.5) is 0 Å². The lowest BCUT2D eigenvalue weighted by molar-refractivity contribution is 0.174. The van der Waals surface area contributed by atoms with Gasteiger partial charge in [-0.25, -0.2) is 4.98 Å². The van der Waals surface area contributed by atoms with Gasteiger partial charge in [-0.3, -0.25) is 4.98 Å². The maximum Gasteiger partial charge on any atom is 0.231 e. The van der Waals surface area contributed by atoms with Gasteiger partial charge in [0.1, 0.15) is 5.01 Å². The van der Waals surface area contributed by atoms with Crippen molar-refractivity contribution in [2.45, 2.75) is 25.9 Å². The van der Waals surface area contributed by atoms with E-state index in [1.807, 2.05) is 30.6 Å². The van der Waals surface area contributed by atoms with Gasteiger partial charge in [0.2, 0.25) is 6.79 Å². The number of aromatic nitrogens is 2. The first-order valence-electron chi connectivity index (χ1n) is 8.31. The van der Waals surface area contributed by atoms with E-state index >= 15 is 0 Å². The molecule has 0 bridgehead atoms. The maximum absolute atomic E-state index is 5.45. The molecule has 1 aliphatic rings. The number of nitrogens with zero attached hydrogens (tertiary/aromatic N) is 2. The van der Waals surface area contributed by atoms with Gasteiger partial charge in [0.05, 0.1) is 5.69 Å². The Kier molecular flexibility index (Phi) is 4.63. The minimum absolute atomic E-state index is 0.291. The van der Waals surface area contributed by atoms with Crippen LogP contribution in [-0.2, 0) is 6.54 Å². The number of nitrogens with one attached hydrogen (secondary N) is 1. The van der Waals surface area contributed by atoms with Crippen molar-refractivity contribution in [2.24, 2.45) is 0 Å². The van der Waals surface area contributed by atoms with Gasteiger partial charge in [-0.1, -0.05) is 6.92 Å². The Balaban J connectivity index is 1.45. The summed E-state index contributed by atoms with van der Waals surface area (Å²) in [6.07, 6.45) is 4.68. The highest BCUT2D eigenvalue weighted by molar-refractivity contribution is 7.13. The molecule has 0 aliphatic carbocycles. The summed E-state index contributed by atoms with van der Waals surface area (Å²) in [5.74, 6) is 1.58. The second-order valence-electron chi connectivity index (χ2n) is 5.83. The lowest BCUT2D eigenvalue weighted by Gasteiger charge is -2.16. The molecule has 0 radical (unpaired) electrons. The van der Waals surface area contributed by atoms with Crippen molar-refractivity contribution in [3.63, 3.8) is 0 Å². The second kappa shape index (κ2) is 7.21. The summed E-state index contributed by atoms with van der Waals surface area (Å²) >= 11 is 1.65. The molecule has 6 heteroatoms. The molecule has 5 nitrogen and oxygen atoms in total. The van der Waals surface area contributed by atoms with Crippen LogP contribution in [0.1, 0.15) is 30.6 Å². The van der Waals surface area contributed by atoms with Gasteiger partial charge in [-0.15, -0.1) is 11.3 Å². The van der Waals surface area contributed by atoms with E-state index in [0.29, 0.717) is 12.8 Å². The Morgan fingerprint density at radius 3 is 2.84 bits per heavy atom. The fourth-order valence-corrected chi connectivity index (χ4v) is 3.69. The van der Waals surface area contributed by atoms with Crippen molar-refractivity contribution in [1.29, 1.82) is 0 Å².